The largest absolute Gasteiger partial charge is 0.491 e. The number of ether oxygens (including phenoxy) is 6. The lowest BCUT2D eigenvalue weighted by Gasteiger charge is -2.46. The molecule has 206 valence electrons. The molecule has 1 aromatic carbocycles. The van der Waals surface area contributed by atoms with Gasteiger partial charge in [-0.2, -0.15) is 0 Å². The molecule has 0 unspecified atom stereocenters. The van der Waals surface area contributed by atoms with E-state index in [1.165, 1.54) is 32.4 Å². The number of carbonyl (C=O) groups is 5. The number of rotatable bonds is 8. The first-order valence-electron chi connectivity index (χ1n) is 11.9. The summed E-state index contributed by atoms with van der Waals surface area (Å²) in [6, 6.07) is 7.83. The Hall–Kier alpha value is -4.52. The molecular weight excluding hydrogens is 516 g/mol. The lowest BCUT2D eigenvalue weighted by molar-refractivity contribution is -0.265. The van der Waals surface area contributed by atoms with E-state index in [1.807, 2.05) is 0 Å². The van der Waals surface area contributed by atoms with Gasteiger partial charge in [0.1, 0.15) is 18.8 Å². The first kappa shape index (κ1) is 27.5. The first-order valence-corrected chi connectivity index (χ1v) is 11.9. The Kier molecular flexibility index (Phi) is 8.10. The molecule has 13 heteroatoms. The minimum absolute atomic E-state index is 0.0645. The number of hydrogen-bond acceptors (Lipinski definition) is 12. The van der Waals surface area contributed by atoms with Crippen molar-refractivity contribution in [1.29, 1.82) is 0 Å². The minimum Gasteiger partial charge on any atom is -0.491 e. The normalized spacial score (nSPS) is 24.0. The number of fused-ring (bicyclic) bond motifs is 1. The summed E-state index contributed by atoms with van der Waals surface area (Å²) in [6.07, 6.45) is -4.23. The molecule has 2 amide bonds. The summed E-state index contributed by atoms with van der Waals surface area (Å²) in [4.78, 5) is 68.0. The van der Waals surface area contributed by atoms with E-state index >= 15 is 0 Å². The Morgan fingerprint density at radius 3 is 2.08 bits per heavy atom. The zero-order valence-corrected chi connectivity index (χ0v) is 21.5. The Morgan fingerprint density at radius 1 is 0.897 bits per heavy atom. The summed E-state index contributed by atoms with van der Waals surface area (Å²) in [5, 5.41) is 0. The second-order valence-electron chi connectivity index (χ2n) is 8.64. The lowest BCUT2D eigenvalue weighted by Crippen LogP contribution is -2.68. The third kappa shape index (κ3) is 5.67. The van der Waals surface area contributed by atoms with Gasteiger partial charge in [0.15, 0.2) is 18.0 Å². The first-order chi connectivity index (χ1) is 18.6. The number of esters is 3. The van der Waals surface area contributed by atoms with Crippen LogP contribution in [0.4, 0.5) is 0 Å². The van der Waals surface area contributed by atoms with Crippen LogP contribution in [0.3, 0.4) is 0 Å². The highest BCUT2D eigenvalue weighted by atomic mass is 16.7. The molecule has 1 aromatic heterocycles. The predicted octanol–water partition coefficient (Wildman–Crippen LogP) is 1.29. The maximum absolute atomic E-state index is 13.5. The van der Waals surface area contributed by atoms with Crippen LogP contribution < -0.4 is 9.47 Å². The van der Waals surface area contributed by atoms with Crippen LogP contribution in [0.1, 0.15) is 41.5 Å². The molecular formula is C26H26N2O11. The van der Waals surface area contributed by atoms with Crippen molar-refractivity contribution < 1.29 is 52.4 Å². The summed E-state index contributed by atoms with van der Waals surface area (Å²) in [7, 11) is 1.38. The fourth-order valence-corrected chi connectivity index (χ4v) is 4.46. The number of benzene rings is 1. The van der Waals surface area contributed by atoms with Crippen LogP contribution in [0.25, 0.3) is 0 Å². The fraction of sp³-hybridized carbons (Fsp3) is 0.385. The van der Waals surface area contributed by atoms with E-state index in [2.05, 4.69) is 4.98 Å². The number of aromatic nitrogens is 1. The molecule has 0 radical (unpaired) electrons. The highest BCUT2D eigenvalue weighted by Gasteiger charge is 2.58. The van der Waals surface area contributed by atoms with E-state index in [0.717, 1.165) is 18.7 Å². The Bertz CT molecular complexity index is 1260. The van der Waals surface area contributed by atoms with Gasteiger partial charge in [-0.1, -0.05) is 12.1 Å². The maximum Gasteiger partial charge on any atom is 0.303 e. The zero-order chi connectivity index (χ0) is 28.3. The van der Waals surface area contributed by atoms with Crippen molar-refractivity contribution in [2.75, 3.05) is 13.7 Å². The van der Waals surface area contributed by atoms with Crippen molar-refractivity contribution in [2.45, 2.75) is 51.4 Å². The summed E-state index contributed by atoms with van der Waals surface area (Å²) in [5.41, 5.74) is 0.230. The summed E-state index contributed by atoms with van der Waals surface area (Å²) < 4.78 is 33.5. The number of pyridine rings is 1. The Labute approximate surface area is 222 Å². The van der Waals surface area contributed by atoms with Crippen LogP contribution in [-0.2, 0) is 33.3 Å². The van der Waals surface area contributed by atoms with Gasteiger partial charge in [-0.3, -0.25) is 28.9 Å². The molecule has 5 atom stereocenters. The third-order valence-electron chi connectivity index (χ3n) is 5.98. The molecule has 4 rings (SSSR count). The number of hydrogen-bond donors (Lipinski definition) is 0. The number of amides is 2. The van der Waals surface area contributed by atoms with Gasteiger partial charge in [-0.15, -0.1) is 0 Å². The monoisotopic (exact) mass is 542 g/mol. The van der Waals surface area contributed by atoms with E-state index in [0.29, 0.717) is 0 Å². The molecule has 1 saturated heterocycles. The van der Waals surface area contributed by atoms with E-state index in [1.54, 1.807) is 24.3 Å². The van der Waals surface area contributed by atoms with Crippen LogP contribution in [0.15, 0.2) is 42.6 Å². The Balaban J connectivity index is 1.84. The molecule has 3 heterocycles. The molecule has 0 bridgehead atoms. The maximum atomic E-state index is 13.5. The molecule has 2 aromatic rings. The highest BCUT2D eigenvalue weighted by Crippen LogP contribution is 2.37. The smallest absolute Gasteiger partial charge is 0.303 e. The summed E-state index contributed by atoms with van der Waals surface area (Å²) >= 11 is 0. The molecule has 2 aliphatic heterocycles. The minimum atomic E-state index is -1.53. The quantitative estimate of drug-likeness (QED) is 0.268. The van der Waals surface area contributed by atoms with Crippen molar-refractivity contribution in [3.63, 3.8) is 0 Å². The average molecular weight is 542 g/mol. The van der Waals surface area contributed by atoms with Crippen molar-refractivity contribution >= 4 is 29.7 Å². The topological polar surface area (TPSA) is 157 Å². The third-order valence-corrected chi connectivity index (χ3v) is 5.98. The average Bonchev–Trinajstić information content (AvgIpc) is 3.14. The van der Waals surface area contributed by atoms with Gasteiger partial charge in [-0.05, 0) is 24.3 Å². The van der Waals surface area contributed by atoms with Crippen LogP contribution >= 0.6 is 0 Å². The van der Waals surface area contributed by atoms with Gasteiger partial charge in [0.05, 0.1) is 18.2 Å². The molecule has 39 heavy (non-hydrogen) atoms. The van der Waals surface area contributed by atoms with Gasteiger partial charge >= 0.3 is 17.9 Å². The van der Waals surface area contributed by atoms with E-state index in [9.17, 15) is 24.0 Å². The van der Waals surface area contributed by atoms with E-state index < -0.39 is 67.0 Å². The molecule has 13 nitrogen and oxygen atoms in total. The predicted molar refractivity (Wildman–Crippen MR) is 129 cm³/mol. The van der Waals surface area contributed by atoms with Gasteiger partial charge in [-0.25, -0.2) is 4.98 Å². The Morgan fingerprint density at radius 2 is 1.51 bits per heavy atom. The number of carbonyl (C=O) groups excluding carboxylic acids is 5. The van der Waals surface area contributed by atoms with Crippen LogP contribution in [0, 0.1) is 0 Å². The summed E-state index contributed by atoms with van der Waals surface area (Å²) in [5.74, 6) is -3.52. The van der Waals surface area contributed by atoms with Crippen molar-refractivity contribution in [3.8, 4) is 11.6 Å². The van der Waals surface area contributed by atoms with Crippen LogP contribution in [-0.4, -0.2) is 84.0 Å². The standard InChI is InChI=1S/C26H26N2O11/c1-13(29)35-12-19-21(36-14(2)30)22(37-15(3)31)20(26(38-19)39-23-18(34-4)10-7-11-27-23)28-24(32)16-8-5-6-9-17(16)25(28)33/h5-11,19-22,26H,12H2,1-4H3/t19-,20-,21-,22-,26+/m1/s1. The fourth-order valence-electron chi connectivity index (χ4n) is 4.46. The van der Waals surface area contributed by atoms with Crippen LogP contribution in [0.2, 0.25) is 0 Å². The second-order valence-corrected chi connectivity index (χ2v) is 8.64. The van der Waals surface area contributed by atoms with E-state index in [-0.39, 0.29) is 22.8 Å². The second kappa shape index (κ2) is 11.5. The summed E-state index contributed by atoms with van der Waals surface area (Å²) in [6.45, 7) is 2.96. The molecule has 0 spiro atoms. The molecule has 2 aliphatic rings. The van der Waals surface area contributed by atoms with Gasteiger partial charge < -0.3 is 28.4 Å². The molecule has 0 N–H and O–H groups in total. The van der Waals surface area contributed by atoms with E-state index in [4.69, 9.17) is 28.4 Å². The van der Waals surface area contributed by atoms with Gasteiger partial charge in [0, 0.05) is 27.0 Å². The number of nitrogens with zero attached hydrogens (tertiary/aromatic N) is 2. The van der Waals surface area contributed by atoms with Crippen LogP contribution in [0.5, 0.6) is 11.6 Å². The molecule has 1 fully saturated rings. The lowest BCUT2D eigenvalue weighted by atomic mass is 9.94. The van der Waals surface area contributed by atoms with Gasteiger partial charge in [0.2, 0.25) is 6.29 Å². The van der Waals surface area contributed by atoms with Crippen molar-refractivity contribution in [1.82, 2.24) is 9.88 Å². The SMILES string of the molecule is COc1cccnc1O[C@@H]1O[C@H](COC(C)=O)[C@@H](OC(C)=O)[C@H](OC(C)=O)[C@H]1N1C(=O)c2ccccc2C1=O. The molecule has 0 saturated carbocycles. The molecule has 0 aliphatic carbocycles. The number of imide groups is 1. The highest BCUT2D eigenvalue weighted by molar-refractivity contribution is 6.21. The zero-order valence-electron chi connectivity index (χ0n) is 21.5. The number of methoxy groups -OCH3 is 1. The van der Waals surface area contributed by atoms with Gasteiger partial charge in [0.25, 0.3) is 17.7 Å². The van der Waals surface area contributed by atoms with Crippen molar-refractivity contribution in [2.24, 2.45) is 0 Å². The van der Waals surface area contributed by atoms with Crippen molar-refractivity contribution in [3.05, 3.63) is 53.7 Å².